The van der Waals surface area contributed by atoms with Crippen LogP contribution in [0.1, 0.15) is 31.2 Å². The zero-order valence-corrected chi connectivity index (χ0v) is 13.2. The second-order valence-electron chi connectivity index (χ2n) is 5.51. The molecule has 1 aromatic heterocycles. The Morgan fingerprint density at radius 2 is 2.45 bits per heavy atom. The predicted octanol–water partition coefficient (Wildman–Crippen LogP) is 2.31. The number of likely N-dealkylation sites (N-methyl/N-ethyl adjacent to an activating group) is 1. The number of hydrogen-bond acceptors (Lipinski definition) is 4. The number of nitrogens with zero attached hydrogens (tertiary/aromatic N) is 2. The fourth-order valence-electron chi connectivity index (χ4n) is 2.42. The van der Waals surface area contributed by atoms with Gasteiger partial charge >= 0.3 is 6.03 Å². The Morgan fingerprint density at radius 1 is 1.65 bits per heavy atom. The third-order valence-electron chi connectivity index (χ3n) is 3.79. The molecule has 0 unspecified atom stereocenters. The number of rotatable bonds is 5. The van der Waals surface area contributed by atoms with Gasteiger partial charge in [-0.15, -0.1) is 11.3 Å². The molecule has 1 aliphatic rings. The van der Waals surface area contributed by atoms with Gasteiger partial charge < -0.3 is 15.0 Å². The molecule has 1 fully saturated rings. The number of urea groups is 1. The molecule has 0 saturated carbocycles. The predicted molar refractivity (Wildman–Crippen MR) is 80.1 cm³/mol. The first-order valence-electron chi connectivity index (χ1n) is 7.06. The van der Waals surface area contributed by atoms with E-state index in [-0.39, 0.29) is 18.0 Å². The van der Waals surface area contributed by atoms with Gasteiger partial charge in [0.15, 0.2) is 0 Å². The van der Waals surface area contributed by atoms with Crippen molar-refractivity contribution in [1.29, 1.82) is 0 Å². The lowest BCUT2D eigenvalue weighted by atomic mass is 10.0. The lowest BCUT2D eigenvalue weighted by Crippen LogP contribution is -2.45. The Kier molecular flexibility index (Phi) is 5.37. The molecule has 20 heavy (non-hydrogen) atoms. The van der Waals surface area contributed by atoms with E-state index in [1.54, 1.807) is 22.4 Å². The molecule has 3 atom stereocenters. The monoisotopic (exact) mass is 297 g/mol. The molecule has 0 aromatic carbocycles. The minimum atomic E-state index is -0.0205. The molecular weight excluding hydrogens is 274 g/mol. The minimum absolute atomic E-state index is 0.0205. The third kappa shape index (κ3) is 3.93. The number of carbonyl (C=O) groups excluding carboxylic acids is 1. The van der Waals surface area contributed by atoms with E-state index >= 15 is 0 Å². The van der Waals surface area contributed by atoms with Crippen molar-refractivity contribution in [2.24, 2.45) is 5.92 Å². The average molecular weight is 297 g/mol. The number of carbonyl (C=O) groups is 1. The summed E-state index contributed by atoms with van der Waals surface area (Å²) in [6, 6.07) is 0.135. The molecule has 2 rings (SSSR count). The van der Waals surface area contributed by atoms with Gasteiger partial charge in [0.2, 0.25) is 0 Å². The van der Waals surface area contributed by atoms with Gasteiger partial charge in [-0.2, -0.15) is 0 Å². The summed E-state index contributed by atoms with van der Waals surface area (Å²) in [7, 11) is 1.83. The third-order valence-corrected chi connectivity index (χ3v) is 4.80. The van der Waals surface area contributed by atoms with E-state index in [0.717, 1.165) is 24.6 Å². The molecule has 1 aliphatic heterocycles. The van der Waals surface area contributed by atoms with E-state index in [1.165, 1.54) is 0 Å². The quantitative estimate of drug-likeness (QED) is 0.907. The molecule has 1 aromatic rings. The summed E-state index contributed by atoms with van der Waals surface area (Å²) in [5.41, 5.74) is 0. The maximum atomic E-state index is 12.2. The van der Waals surface area contributed by atoms with Crippen LogP contribution in [0.5, 0.6) is 0 Å². The SMILES string of the molecule is C[C@H](CN(C)C(=O)N[C@H](C)[C@H]1CCOC1)c1nccs1. The molecule has 1 saturated heterocycles. The van der Waals surface area contributed by atoms with Gasteiger partial charge in [0.1, 0.15) is 0 Å². The number of hydrogen-bond donors (Lipinski definition) is 1. The van der Waals surface area contributed by atoms with E-state index in [9.17, 15) is 4.79 Å². The second-order valence-corrected chi connectivity index (χ2v) is 6.44. The molecule has 0 aliphatic carbocycles. The molecule has 5 nitrogen and oxygen atoms in total. The smallest absolute Gasteiger partial charge is 0.317 e. The van der Waals surface area contributed by atoms with Crippen LogP contribution < -0.4 is 5.32 Å². The molecule has 1 N–H and O–H groups in total. The summed E-state index contributed by atoms with van der Waals surface area (Å²) < 4.78 is 5.36. The maximum absolute atomic E-state index is 12.2. The summed E-state index contributed by atoms with van der Waals surface area (Å²) in [5, 5.41) is 6.10. The van der Waals surface area contributed by atoms with Crippen molar-refractivity contribution in [3.63, 3.8) is 0 Å². The van der Waals surface area contributed by atoms with Crippen LogP contribution in [-0.4, -0.2) is 48.8 Å². The summed E-state index contributed by atoms with van der Waals surface area (Å²) in [6.45, 7) is 6.38. The fraction of sp³-hybridized carbons (Fsp3) is 0.714. The van der Waals surface area contributed by atoms with Crippen LogP contribution in [-0.2, 0) is 4.74 Å². The van der Waals surface area contributed by atoms with E-state index in [4.69, 9.17) is 4.74 Å². The van der Waals surface area contributed by atoms with Crippen molar-refractivity contribution in [1.82, 2.24) is 15.2 Å². The van der Waals surface area contributed by atoms with E-state index in [0.29, 0.717) is 12.5 Å². The molecule has 6 heteroatoms. The van der Waals surface area contributed by atoms with Crippen LogP contribution in [0.3, 0.4) is 0 Å². The maximum Gasteiger partial charge on any atom is 0.317 e. The number of amides is 2. The van der Waals surface area contributed by atoms with Crippen molar-refractivity contribution >= 4 is 17.4 Å². The van der Waals surface area contributed by atoms with Crippen molar-refractivity contribution in [3.05, 3.63) is 16.6 Å². The lowest BCUT2D eigenvalue weighted by molar-refractivity contribution is 0.173. The van der Waals surface area contributed by atoms with Crippen molar-refractivity contribution in [3.8, 4) is 0 Å². The molecule has 2 amide bonds. The van der Waals surface area contributed by atoms with E-state index < -0.39 is 0 Å². The highest BCUT2D eigenvalue weighted by Gasteiger charge is 2.25. The highest BCUT2D eigenvalue weighted by atomic mass is 32.1. The molecule has 0 bridgehead atoms. The van der Waals surface area contributed by atoms with Gasteiger partial charge in [-0.05, 0) is 13.3 Å². The first-order chi connectivity index (χ1) is 9.58. The van der Waals surface area contributed by atoms with Gasteiger partial charge in [-0.1, -0.05) is 6.92 Å². The highest BCUT2D eigenvalue weighted by Crippen LogP contribution is 2.19. The van der Waals surface area contributed by atoms with E-state index in [2.05, 4.69) is 24.1 Å². The fourth-order valence-corrected chi connectivity index (χ4v) is 3.11. The molecule has 2 heterocycles. The summed E-state index contributed by atoms with van der Waals surface area (Å²) in [6.07, 6.45) is 2.83. The van der Waals surface area contributed by atoms with Crippen LogP contribution in [0.4, 0.5) is 4.79 Å². The topological polar surface area (TPSA) is 54.5 Å². The first kappa shape index (κ1) is 15.3. The Bertz CT molecular complexity index is 418. The number of ether oxygens (including phenoxy) is 1. The van der Waals surface area contributed by atoms with Crippen molar-refractivity contribution in [2.45, 2.75) is 32.2 Å². The summed E-state index contributed by atoms with van der Waals surface area (Å²) >= 11 is 1.63. The Hall–Kier alpha value is -1.14. The van der Waals surface area contributed by atoms with Gasteiger partial charge in [0.25, 0.3) is 0 Å². The number of aromatic nitrogens is 1. The zero-order chi connectivity index (χ0) is 14.5. The second kappa shape index (κ2) is 7.04. The van der Waals surface area contributed by atoms with Crippen LogP contribution in [0.25, 0.3) is 0 Å². The number of thiazole rings is 1. The van der Waals surface area contributed by atoms with Gasteiger partial charge in [0, 0.05) is 49.7 Å². The average Bonchev–Trinajstić information content (AvgIpc) is 3.11. The largest absolute Gasteiger partial charge is 0.381 e. The Labute approximate surface area is 124 Å². The molecule has 0 radical (unpaired) electrons. The molecular formula is C14H23N3O2S. The normalized spacial score (nSPS) is 21.4. The van der Waals surface area contributed by atoms with Crippen molar-refractivity contribution in [2.75, 3.05) is 26.8 Å². The first-order valence-corrected chi connectivity index (χ1v) is 7.94. The Morgan fingerprint density at radius 3 is 3.05 bits per heavy atom. The molecule has 0 spiro atoms. The van der Waals surface area contributed by atoms with Crippen molar-refractivity contribution < 1.29 is 9.53 Å². The summed E-state index contributed by atoms with van der Waals surface area (Å²) in [4.78, 5) is 18.2. The van der Waals surface area contributed by atoms with E-state index in [1.807, 2.05) is 12.4 Å². The lowest BCUT2D eigenvalue weighted by Gasteiger charge is -2.25. The zero-order valence-electron chi connectivity index (χ0n) is 12.3. The van der Waals surface area contributed by atoms with Crippen LogP contribution in [0, 0.1) is 5.92 Å². The Balaban J connectivity index is 1.79. The summed E-state index contributed by atoms with van der Waals surface area (Å²) in [5.74, 6) is 0.694. The van der Waals surface area contributed by atoms with Crippen LogP contribution in [0.15, 0.2) is 11.6 Å². The standard InChI is InChI=1S/C14H23N3O2S/c1-10(13-15-5-7-20-13)8-17(3)14(18)16-11(2)12-4-6-19-9-12/h5,7,10-12H,4,6,8-9H2,1-3H3,(H,16,18)/t10-,11-,12+/m1/s1. The minimum Gasteiger partial charge on any atom is -0.381 e. The number of nitrogens with one attached hydrogen (secondary N) is 1. The van der Waals surface area contributed by atoms with Crippen LogP contribution in [0.2, 0.25) is 0 Å². The van der Waals surface area contributed by atoms with Gasteiger partial charge in [-0.3, -0.25) is 0 Å². The highest BCUT2D eigenvalue weighted by molar-refractivity contribution is 7.09. The van der Waals surface area contributed by atoms with Gasteiger partial charge in [0.05, 0.1) is 11.6 Å². The van der Waals surface area contributed by atoms with Crippen LogP contribution >= 0.6 is 11.3 Å². The molecule has 112 valence electrons. The van der Waals surface area contributed by atoms with Gasteiger partial charge in [-0.25, -0.2) is 9.78 Å².